The Morgan fingerprint density at radius 3 is 2.25 bits per heavy atom. The van der Waals surface area contributed by atoms with Gasteiger partial charge in [-0.25, -0.2) is 0 Å². The van der Waals surface area contributed by atoms with E-state index in [1.807, 2.05) is 44.0 Å². The lowest BCUT2D eigenvalue weighted by molar-refractivity contribution is -0.141. The van der Waals surface area contributed by atoms with Gasteiger partial charge in [-0.3, -0.25) is 4.79 Å². The van der Waals surface area contributed by atoms with Crippen LogP contribution in [0.25, 0.3) is 0 Å². The first kappa shape index (κ1) is 16.7. The summed E-state index contributed by atoms with van der Waals surface area (Å²) in [6, 6.07) is 10.3. The highest BCUT2D eigenvalue weighted by Gasteiger charge is 2.35. The van der Waals surface area contributed by atoms with Crippen LogP contribution in [0.2, 0.25) is 0 Å². The molecule has 0 bridgehead atoms. The Balaban J connectivity index is 2.75. The number of rotatable bonds is 7. The van der Waals surface area contributed by atoms with Gasteiger partial charge in [0, 0.05) is 20.1 Å². The standard InChI is InChI=1S/C17H28N2O/c1-5-17(6-2,13-18)16(20)19(4)12-14(3)15-10-8-7-9-11-15/h7-11,14H,5-6,12-13,18H2,1-4H3. The van der Waals surface area contributed by atoms with E-state index in [4.69, 9.17) is 5.73 Å². The second-order valence-corrected chi connectivity index (χ2v) is 5.69. The van der Waals surface area contributed by atoms with Gasteiger partial charge in [0.15, 0.2) is 0 Å². The minimum Gasteiger partial charge on any atom is -0.345 e. The van der Waals surface area contributed by atoms with Gasteiger partial charge in [-0.05, 0) is 24.3 Å². The summed E-state index contributed by atoms with van der Waals surface area (Å²) >= 11 is 0. The number of carbonyl (C=O) groups excluding carboxylic acids is 1. The topological polar surface area (TPSA) is 46.3 Å². The summed E-state index contributed by atoms with van der Waals surface area (Å²) in [6.45, 7) is 7.39. The highest BCUT2D eigenvalue weighted by atomic mass is 16.2. The lowest BCUT2D eigenvalue weighted by Gasteiger charge is -2.34. The van der Waals surface area contributed by atoms with Crippen molar-refractivity contribution < 1.29 is 4.79 Å². The number of nitrogens with zero attached hydrogens (tertiary/aromatic N) is 1. The highest BCUT2D eigenvalue weighted by molar-refractivity contribution is 5.82. The average Bonchev–Trinajstić information content (AvgIpc) is 2.50. The van der Waals surface area contributed by atoms with E-state index in [1.54, 1.807) is 0 Å². The third kappa shape index (κ3) is 3.60. The second-order valence-electron chi connectivity index (χ2n) is 5.69. The SMILES string of the molecule is CCC(CC)(CN)C(=O)N(C)CC(C)c1ccccc1. The van der Waals surface area contributed by atoms with E-state index in [0.29, 0.717) is 12.5 Å². The van der Waals surface area contributed by atoms with E-state index in [1.165, 1.54) is 5.56 Å². The van der Waals surface area contributed by atoms with Gasteiger partial charge >= 0.3 is 0 Å². The third-order valence-electron chi connectivity index (χ3n) is 4.46. The number of likely N-dealkylation sites (N-methyl/N-ethyl adjacent to an activating group) is 1. The van der Waals surface area contributed by atoms with Crippen LogP contribution >= 0.6 is 0 Å². The van der Waals surface area contributed by atoms with E-state index in [-0.39, 0.29) is 5.91 Å². The molecule has 0 aromatic heterocycles. The molecule has 0 radical (unpaired) electrons. The first-order valence-electron chi connectivity index (χ1n) is 7.51. The van der Waals surface area contributed by atoms with Crippen molar-refractivity contribution >= 4 is 5.91 Å². The molecule has 20 heavy (non-hydrogen) atoms. The van der Waals surface area contributed by atoms with E-state index in [9.17, 15) is 4.79 Å². The predicted molar refractivity (Wildman–Crippen MR) is 84.6 cm³/mol. The van der Waals surface area contributed by atoms with Gasteiger partial charge in [0.25, 0.3) is 0 Å². The largest absolute Gasteiger partial charge is 0.345 e. The predicted octanol–water partition coefficient (Wildman–Crippen LogP) is 3.01. The van der Waals surface area contributed by atoms with E-state index >= 15 is 0 Å². The minimum absolute atomic E-state index is 0.174. The van der Waals surface area contributed by atoms with Crippen molar-refractivity contribution in [1.29, 1.82) is 0 Å². The van der Waals surface area contributed by atoms with Crippen LogP contribution in [-0.4, -0.2) is 30.9 Å². The second kappa shape index (κ2) is 7.44. The molecule has 0 saturated carbocycles. The molecule has 1 unspecified atom stereocenters. The Morgan fingerprint density at radius 2 is 1.80 bits per heavy atom. The summed E-state index contributed by atoms with van der Waals surface area (Å²) in [5, 5.41) is 0. The smallest absolute Gasteiger partial charge is 0.229 e. The van der Waals surface area contributed by atoms with Gasteiger partial charge in [0.2, 0.25) is 5.91 Å². The zero-order valence-electron chi connectivity index (χ0n) is 13.2. The van der Waals surface area contributed by atoms with Crippen molar-refractivity contribution in [2.45, 2.75) is 39.5 Å². The van der Waals surface area contributed by atoms with Crippen LogP contribution in [0.4, 0.5) is 0 Å². The maximum Gasteiger partial charge on any atom is 0.229 e. The van der Waals surface area contributed by atoms with Crippen molar-refractivity contribution in [3.63, 3.8) is 0 Å². The number of hydrogen-bond donors (Lipinski definition) is 1. The molecule has 1 atom stereocenters. The van der Waals surface area contributed by atoms with Crippen molar-refractivity contribution in [2.24, 2.45) is 11.1 Å². The van der Waals surface area contributed by atoms with Crippen LogP contribution in [0.1, 0.15) is 45.1 Å². The van der Waals surface area contributed by atoms with Gasteiger partial charge in [0.1, 0.15) is 0 Å². The molecule has 0 saturated heterocycles. The number of benzene rings is 1. The van der Waals surface area contributed by atoms with Gasteiger partial charge in [-0.15, -0.1) is 0 Å². The van der Waals surface area contributed by atoms with Crippen molar-refractivity contribution in [2.75, 3.05) is 20.1 Å². The number of carbonyl (C=O) groups is 1. The number of hydrogen-bond acceptors (Lipinski definition) is 2. The summed E-state index contributed by atoms with van der Waals surface area (Å²) in [6.07, 6.45) is 1.59. The van der Waals surface area contributed by atoms with Crippen LogP contribution in [0, 0.1) is 5.41 Å². The fourth-order valence-electron chi connectivity index (χ4n) is 2.71. The van der Waals surface area contributed by atoms with Gasteiger partial charge in [-0.1, -0.05) is 51.1 Å². The normalized spacial score (nSPS) is 13.1. The molecule has 0 aliphatic heterocycles. The lowest BCUT2D eigenvalue weighted by atomic mass is 9.81. The summed E-state index contributed by atoms with van der Waals surface area (Å²) in [5.74, 6) is 0.502. The third-order valence-corrected chi connectivity index (χ3v) is 4.46. The number of amides is 1. The Kier molecular flexibility index (Phi) is 6.21. The molecule has 0 aliphatic carbocycles. The molecule has 0 spiro atoms. The summed E-state index contributed by atoms with van der Waals surface area (Å²) in [4.78, 5) is 14.5. The van der Waals surface area contributed by atoms with Crippen molar-refractivity contribution in [3.8, 4) is 0 Å². The van der Waals surface area contributed by atoms with E-state index in [2.05, 4.69) is 19.1 Å². The van der Waals surface area contributed by atoms with Crippen molar-refractivity contribution in [1.82, 2.24) is 4.90 Å². The summed E-state index contributed by atoms with van der Waals surface area (Å²) < 4.78 is 0. The first-order valence-corrected chi connectivity index (χ1v) is 7.51. The first-order chi connectivity index (χ1) is 9.50. The minimum atomic E-state index is -0.398. The fraction of sp³-hybridized carbons (Fsp3) is 0.588. The van der Waals surface area contributed by atoms with Crippen LogP contribution in [0.15, 0.2) is 30.3 Å². The van der Waals surface area contributed by atoms with E-state index < -0.39 is 5.41 Å². The molecule has 3 nitrogen and oxygen atoms in total. The Bertz CT molecular complexity index is 404. The molecule has 1 amide bonds. The molecule has 0 aliphatic rings. The average molecular weight is 276 g/mol. The molecule has 112 valence electrons. The zero-order chi connectivity index (χ0) is 15.2. The van der Waals surface area contributed by atoms with Crippen LogP contribution in [-0.2, 0) is 4.79 Å². The van der Waals surface area contributed by atoms with Crippen LogP contribution < -0.4 is 5.73 Å². The molecule has 1 rings (SSSR count). The molecule has 0 heterocycles. The fourth-order valence-corrected chi connectivity index (χ4v) is 2.71. The van der Waals surface area contributed by atoms with E-state index in [0.717, 1.165) is 19.4 Å². The van der Waals surface area contributed by atoms with Crippen molar-refractivity contribution in [3.05, 3.63) is 35.9 Å². The van der Waals surface area contributed by atoms with Gasteiger partial charge in [-0.2, -0.15) is 0 Å². The molecule has 3 heteroatoms. The molecular formula is C17H28N2O. The number of nitrogens with two attached hydrogens (primary N) is 1. The van der Waals surface area contributed by atoms with Crippen LogP contribution in [0.5, 0.6) is 0 Å². The zero-order valence-corrected chi connectivity index (χ0v) is 13.2. The summed E-state index contributed by atoms with van der Waals surface area (Å²) in [7, 11) is 1.89. The molecule has 1 aromatic carbocycles. The molecule has 0 fully saturated rings. The molecular weight excluding hydrogens is 248 g/mol. The maximum atomic E-state index is 12.7. The monoisotopic (exact) mass is 276 g/mol. The lowest BCUT2D eigenvalue weighted by Crippen LogP contribution is -2.47. The maximum absolute atomic E-state index is 12.7. The molecule has 2 N–H and O–H groups in total. The Morgan fingerprint density at radius 1 is 1.25 bits per heavy atom. The molecule has 1 aromatic rings. The van der Waals surface area contributed by atoms with Crippen LogP contribution in [0.3, 0.4) is 0 Å². The quantitative estimate of drug-likeness (QED) is 0.832. The van der Waals surface area contributed by atoms with Gasteiger partial charge < -0.3 is 10.6 Å². The summed E-state index contributed by atoms with van der Waals surface area (Å²) in [5.41, 5.74) is 6.73. The highest BCUT2D eigenvalue weighted by Crippen LogP contribution is 2.28. The van der Waals surface area contributed by atoms with Gasteiger partial charge in [0.05, 0.1) is 5.41 Å². The Labute approximate surface area is 123 Å². The Hall–Kier alpha value is -1.35.